The van der Waals surface area contributed by atoms with E-state index in [0.717, 1.165) is 26.2 Å². The van der Waals surface area contributed by atoms with Gasteiger partial charge in [0.15, 0.2) is 34.7 Å². The monoisotopic (exact) mass is 635 g/mol. The Morgan fingerprint density at radius 1 is 1.07 bits per heavy atom. The molecular formula is C33H41N5O8. The van der Waals surface area contributed by atoms with Crippen molar-refractivity contribution in [3.05, 3.63) is 35.1 Å². The molecule has 4 aliphatic rings. The Bertz CT molecular complexity index is 1640. The first-order chi connectivity index (χ1) is 21.7. The van der Waals surface area contributed by atoms with Crippen LogP contribution in [0.2, 0.25) is 0 Å². The van der Waals surface area contributed by atoms with E-state index in [1.807, 2.05) is 25.1 Å². The van der Waals surface area contributed by atoms with Crippen LogP contribution in [0.15, 0.2) is 22.6 Å². The Labute approximate surface area is 266 Å². The van der Waals surface area contributed by atoms with Gasteiger partial charge in [-0.1, -0.05) is 0 Å². The number of piperazine rings is 1. The number of hydrogen-bond donors (Lipinski definition) is 3. The quantitative estimate of drug-likeness (QED) is 0.361. The molecule has 2 saturated carbocycles. The molecule has 2 heterocycles. The van der Waals surface area contributed by atoms with Gasteiger partial charge in [0.05, 0.1) is 29.6 Å². The lowest BCUT2D eigenvalue weighted by molar-refractivity contribution is -0.181. The van der Waals surface area contributed by atoms with Crippen LogP contribution in [0, 0.1) is 23.7 Å². The van der Waals surface area contributed by atoms with Gasteiger partial charge in [-0.05, 0) is 63.7 Å². The maximum Gasteiger partial charge on any atom is 0.235 e. The number of nitrogens with zero attached hydrogens (tertiary/aromatic N) is 4. The number of benzene rings is 1. The van der Waals surface area contributed by atoms with Crippen LogP contribution in [0.25, 0.3) is 11.3 Å². The highest BCUT2D eigenvalue weighted by molar-refractivity contribution is 6.32. The van der Waals surface area contributed by atoms with Gasteiger partial charge in [0.25, 0.3) is 0 Å². The van der Waals surface area contributed by atoms with E-state index in [1.54, 1.807) is 26.2 Å². The number of Topliss-reactive ketones (excluding diaryl/α,β-unsaturated/α-hetero) is 4. The summed E-state index contributed by atoms with van der Waals surface area (Å²) in [6, 6.07) is 4.19. The number of rotatable bonds is 6. The van der Waals surface area contributed by atoms with E-state index in [4.69, 9.17) is 10.2 Å². The van der Waals surface area contributed by atoms with Crippen LogP contribution in [0.1, 0.15) is 28.1 Å². The second-order valence-electron chi connectivity index (χ2n) is 13.7. The highest BCUT2D eigenvalue weighted by Crippen LogP contribution is 2.53. The van der Waals surface area contributed by atoms with Crippen molar-refractivity contribution in [2.24, 2.45) is 29.4 Å². The fourth-order valence-corrected chi connectivity index (χ4v) is 8.07. The average molecular weight is 636 g/mol. The van der Waals surface area contributed by atoms with Gasteiger partial charge in [-0.2, -0.15) is 0 Å². The fraction of sp³-hybridized carbons (Fsp3) is 0.545. The van der Waals surface area contributed by atoms with Gasteiger partial charge in [-0.15, -0.1) is 0 Å². The van der Waals surface area contributed by atoms with Crippen LogP contribution in [0.4, 0.5) is 5.69 Å². The molecule has 2 aromatic rings. The normalized spacial score (nSPS) is 30.3. The molecule has 1 aromatic heterocycles. The van der Waals surface area contributed by atoms with E-state index < -0.39 is 64.4 Å². The smallest absolute Gasteiger partial charge is 0.235 e. The minimum atomic E-state index is -2.77. The number of phenolic OH excluding ortho intramolecular Hbond substituents is 1. The van der Waals surface area contributed by atoms with E-state index in [1.165, 1.54) is 4.90 Å². The Kier molecular flexibility index (Phi) is 7.95. The van der Waals surface area contributed by atoms with Gasteiger partial charge < -0.3 is 30.2 Å². The number of aromatic hydroxyl groups is 1. The summed E-state index contributed by atoms with van der Waals surface area (Å²) in [5, 5.41) is 23.5. The first-order valence-corrected chi connectivity index (χ1v) is 15.6. The molecule has 0 bridgehead atoms. The van der Waals surface area contributed by atoms with Gasteiger partial charge in [0.1, 0.15) is 17.3 Å². The zero-order valence-corrected chi connectivity index (χ0v) is 26.8. The minimum Gasteiger partial charge on any atom is -0.506 e. The molecule has 6 rings (SSSR count). The number of aliphatic hydroxyl groups is 1. The number of likely N-dealkylation sites (N-methyl/N-ethyl adjacent to an activating group) is 2. The molecule has 0 radical (unpaired) electrons. The number of fused-ring (bicyclic) bond motifs is 3. The summed E-state index contributed by atoms with van der Waals surface area (Å²) < 4.78 is 6.17. The minimum absolute atomic E-state index is 0.00683. The summed E-state index contributed by atoms with van der Waals surface area (Å²) in [4.78, 5) is 75.5. The summed E-state index contributed by atoms with van der Waals surface area (Å²) in [6.07, 6.45) is 0.174. The van der Waals surface area contributed by atoms with E-state index in [2.05, 4.69) is 16.8 Å². The summed E-state index contributed by atoms with van der Waals surface area (Å²) >= 11 is 0. The molecule has 0 spiro atoms. The highest BCUT2D eigenvalue weighted by atomic mass is 16.3. The number of ketones is 4. The van der Waals surface area contributed by atoms with Gasteiger partial charge in [0.2, 0.25) is 5.91 Å². The third-order valence-corrected chi connectivity index (χ3v) is 10.4. The average Bonchev–Trinajstić information content (AvgIpc) is 3.44. The summed E-state index contributed by atoms with van der Waals surface area (Å²) in [5.41, 5.74) is 4.04. The van der Waals surface area contributed by atoms with Crippen LogP contribution < -0.4 is 10.6 Å². The van der Waals surface area contributed by atoms with Gasteiger partial charge >= 0.3 is 0 Å². The maximum absolute atomic E-state index is 14.3. The highest BCUT2D eigenvalue weighted by Gasteiger charge is 2.69. The van der Waals surface area contributed by atoms with E-state index in [0.29, 0.717) is 29.3 Å². The molecule has 1 aliphatic heterocycles. The molecule has 246 valence electrons. The number of carbonyl (C=O) groups is 5. The Balaban J connectivity index is 1.40. The van der Waals surface area contributed by atoms with Crippen molar-refractivity contribution in [3.63, 3.8) is 0 Å². The van der Waals surface area contributed by atoms with Crippen LogP contribution >= 0.6 is 0 Å². The first-order valence-electron chi connectivity index (χ1n) is 15.6. The van der Waals surface area contributed by atoms with Crippen molar-refractivity contribution in [2.45, 2.75) is 31.0 Å². The Morgan fingerprint density at radius 3 is 2.35 bits per heavy atom. The molecule has 1 aromatic carbocycles. The van der Waals surface area contributed by atoms with Crippen molar-refractivity contribution in [1.82, 2.24) is 14.7 Å². The van der Waals surface area contributed by atoms with Gasteiger partial charge in [-0.25, -0.2) is 0 Å². The van der Waals surface area contributed by atoms with Crippen molar-refractivity contribution in [3.8, 4) is 17.1 Å². The summed E-state index contributed by atoms with van der Waals surface area (Å²) in [5.74, 6) is -9.72. The lowest BCUT2D eigenvalue weighted by Gasteiger charge is -2.52. The predicted octanol–water partition coefficient (Wildman–Crippen LogP) is -0.0596. The molecule has 3 aliphatic carbocycles. The zero-order chi connectivity index (χ0) is 33.4. The number of hydrogen-bond acceptors (Lipinski definition) is 12. The zero-order valence-electron chi connectivity index (χ0n) is 26.8. The lowest BCUT2D eigenvalue weighted by Crippen LogP contribution is -2.74. The molecule has 13 nitrogen and oxygen atoms in total. The number of nitrogens with two attached hydrogens (primary N) is 1. The van der Waals surface area contributed by atoms with Crippen LogP contribution in [0.3, 0.4) is 0 Å². The number of primary amides is 1. The number of amides is 1. The topological polar surface area (TPSA) is 178 Å². The largest absolute Gasteiger partial charge is 0.506 e. The van der Waals surface area contributed by atoms with Crippen LogP contribution in [-0.4, -0.2) is 127 Å². The van der Waals surface area contributed by atoms with Gasteiger partial charge in [-0.3, -0.25) is 33.8 Å². The fourth-order valence-electron chi connectivity index (χ4n) is 8.07. The lowest BCUT2D eigenvalue weighted by atomic mass is 9.52. The number of carbonyl (C=O) groups excluding carboxylic acids is 5. The number of phenols is 1. The van der Waals surface area contributed by atoms with Crippen LogP contribution in [-0.2, 0) is 32.1 Å². The predicted molar refractivity (Wildman–Crippen MR) is 166 cm³/mol. The van der Waals surface area contributed by atoms with E-state index in [-0.39, 0.29) is 29.7 Å². The Hall–Kier alpha value is -3.91. The number of furan rings is 1. The van der Waals surface area contributed by atoms with Gasteiger partial charge in [0, 0.05) is 51.9 Å². The molecule has 13 heteroatoms. The maximum atomic E-state index is 14.3. The molecule has 3 fully saturated rings. The third kappa shape index (κ3) is 4.79. The number of anilines is 1. The Morgan fingerprint density at radius 2 is 1.74 bits per heavy atom. The molecule has 2 unspecified atom stereocenters. The SMILES string of the molecule is CN1CCN(Cc2ccc(-c3cc(N(C)C)c4c(c3O)C(=O)C3C(=O)[C@@]5(O)C(=O)C(C(N)=O)C(=O)[C@@H](N(C)C)[C@@H]5C[C@@H]3C4)o2)CC1. The van der Waals surface area contributed by atoms with Crippen LogP contribution in [0.5, 0.6) is 5.75 Å². The van der Waals surface area contributed by atoms with Crippen molar-refractivity contribution < 1.29 is 38.6 Å². The summed E-state index contributed by atoms with van der Waals surface area (Å²) in [7, 11) is 8.82. The third-order valence-electron chi connectivity index (χ3n) is 10.4. The second-order valence-corrected chi connectivity index (χ2v) is 13.7. The first kappa shape index (κ1) is 32.0. The van der Waals surface area contributed by atoms with E-state index >= 15 is 0 Å². The molecule has 4 N–H and O–H groups in total. The van der Waals surface area contributed by atoms with Crippen molar-refractivity contribution in [1.29, 1.82) is 0 Å². The second kappa shape index (κ2) is 11.4. The molecular weight excluding hydrogens is 594 g/mol. The molecule has 1 amide bonds. The standard InChI is InChI=1S/C33H41N5O8/c1-35(2)21-14-19(22-7-6-17(46-22)15-38-10-8-37(5)9-11-38)27(39)24-18(21)12-16-13-20-26(36(3)4)29(41)25(32(34)44)31(43)33(20,45)30(42)23(16)28(24)40/h6-7,14,16,20,23,25-26,39,45H,8-13,15H2,1-5H3,(H2,34,44)/t16-,20-,23?,25?,26-,33+/m0/s1. The van der Waals surface area contributed by atoms with Crippen molar-refractivity contribution >= 4 is 34.7 Å². The van der Waals surface area contributed by atoms with Crippen molar-refractivity contribution in [2.75, 3.05) is 66.3 Å². The molecule has 46 heavy (non-hydrogen) atoms. The molecule has 1 saturated heterocycles. The molecule has 6 atom stereocenters. The summed E-state index contributed by atoms with van der Waals surface area (Å²) in [6.45, 7) is 4.28. The van der Waals surface area contributed by atoms with E-state index in [9.17, 15) is 34.2 Å².